The molecule has 1 N–H and O–H groups in total. The van der Waals surface area contributed by atoms with Gasteiger partial charge in [-0.2, -0.15) is 0 Å². The number of carbonyl (C=O) groups is 1. The van der Waals surface area contributed by atoms with Crippen molar-refractivity contribution in [2.24, 2.45) is 11.8 Å². The fourth-order valence-corrected chi connectivity index (χ4v) is 5.95. The number of ether oxygens (including phenoxy) is 4. The Kier molecular flexibility index (Phi) is 9.84. The molecule has 202 valence electrons. The molecule has 35 heavy (non-hydrogen) atoms. The monoisotopic (exact) mass is 512 g/mol. The van der Waals surface area contributed by atoms with E-state index in [1.54, 1.807) is 13.2 Å². The molecule has 1 saturated carbocycles. The number of esters is 1. The minimum Gasteiger partial charge on any atom is -0.501 e. The average molecular weight is 513 g/mol. The Bertz CT molecular complexity index is 799. The molecule has 1 saturated heterocycles. The van der Waals surface area contributed by atoms with E-state index in [1.807, 2.05) is 13.8 Å². The molecule has 0 bridgehead atoms. The van der Waals surface area contributed by atoms with Gasteiger partial charge in [0.15, 0.2) is 14.1 Å². The SMILES string of the molecule is CC/C(OC)=C1\[C@H](C)CCC2(C[C@@]1(O)/C=C(\C(=O)OC)C(C)CO[Si](C)(C)C(C)(C)C)OCCO2. The van der Waals surface area contributed by atoms with E-state index in [0.717, 1.165) is 17.8 Å². The summed E-state index contributed by atoms with van der Waals surface area (Å²) < 4.78 is 29.4. The summed E-state index contributed by atoms with van der Waals surface area (Å²) >= 11 is 0. The van der Waals surface area contributed by atoms with Crippen molar-refractivity contribution < 1.29 is 33.3 Å². The molecular formula is C27H48O7Si. The van der Waals surface area contributed by atoms with Gasteiger partial charge in [0.2, 0.25) is 0 Å². The van der Waals surface area contributed by atoms with Crippen LogP contribution in [0.25, 0.3) is 0 Å². The number of aliphatic hydroxyl groups is 1. The van der Waals surface area contributed by atoms with Gasteiger partial charge in [-0.15, -0.1) is 0 Å². The van der Waals surface area contributed by atoms with Crippen LogP contribution in [0, 0.1) is 11.8 Å². The van der Waals surface area contributed by atoms with Crippen molar-refractivity contribution in [1.29, 1.82) is 0 Å². The van der Waals surface area contributed by atoms with Gasteiger partial charge in [0.1, 0.15) is 5.60 Å². The van der Waals surface area contributed by atoms with Crippen LogP contribution >= 0.6 is 0 Å². The van der Waals surface area contributed by atoms with Crippen molar-refractivity contribution in [2.75, 3.05) is 34.0 Å². The molecule has 1 unspecified atom stereocenters. The number of carbonyl (C=O) groups excluding carboxylic acids is 1. The minimum atomic E-state index is -2.03. The highest BCUT2D eigenvalue weighted by atomic mass is 28.4. The highest BCUT2D eigenvalue weighted by Crippen LogP contribution is 2.47. The van der Waals surface area contributed by atoms with Gasteiger partial charge < -0.3 is 28.5 Å². The molecule has 2 fully saturated rings. The second kappa shape index (κ2) is 11.5. The number of hydrogen-bond donors (Lipinski definition) is 1. The molecule has 3 atom stereocenters. The summed E-state index contributed by atoms with van der Waals surface area (Å²) in [5.74, 6) is -0.916. The molecule has 7 nitrogen and oxygen atoms in total. The Morgan fingerprint density at radius 3 is 2.31 bits per heavy atom. The van der Waals surface area contributed by atoms with Crippen molar-refractivity contribution in [3.63, 3.8) is 0 Å². The first kappa shape index (κ1) is 30.0. The first-order valence-electron chi connectivity index (χ1n) is 12.9. The van der Waals surface area contributed by atoms with Gasteiger partial charge in [-0.25, -0.2) is 4.79 Å². The van der Waals surface area contributed by atoms with Crippen LogP contribution in [0.15, 0.2) is 23.0 Å². The lowest BCUT2D eigenvalue weighted by Gasteiger charge is -2.38. The van der Waals surface area contributed by atoms with Crippen LogP contribution in [0.5, 0.6) is 0 Å². The third kappa shape index (κ3) is 6.77. The average Bonchev–Trinajstić information content (AvgIpc) is 3.20. The highest BCUT2D eigenvalue weighted by molar-refractivity contribution is 6.74. The van der Waals surface area contributed by atoms with Crippen LogP contribution in [0.1, 0.15) is 67.2 Å². The molecular weight excluding hydrogens is 464 g/mol. The van der Waals surface area contributed by atoms with E-state index in [4.69, 9.17) is 23.4 Å². The van der Waals surface area contributed by atoms with E-state index in [-0.39, 0.29) is 23.3 Å². The number of allylic oxidation sites excluding steroid dienone is 1. The Labute approximate surface area is 213 Å². The van der Waals surface area contributed by atoms with Crippen LogP contribution in [0.4, 0.5) is 0 Å². The van der Waals surface area contributed by atoms with E-state index < -0.39 is 25.7 Å². The van der Waals surface area contributed by atoms with E-state index in [0.29, 0.717) is 38.2 Å². The zero-order valence-corrected chi connectivity index (χ0v) is 24.6. The molecule has 1 heterocycles. The van der Waals surface area contributed by atoms with Crippen LogP contribution in [-0.4, -0.2) is 64.8 Å². The molecule has 0 aromatic carbocycles. The molecule has 8 heteroatoms. The summed E-state index contributed by atoms with van der Waals surface area (Å²) in [5, 5.41) is 12.4. The lowest BCUT2D eigenvalue weighted by molar-refractivity contribution is -0.183. The van der Waals surface area contributed by atoms with Crippen molar-refractivity contribution in [3.8, 4) is 0 Å². The molecule has 0 aromatic heterocycles. The number of rotatable bonds is 8. The van der Waals surface area contributed by atoms with Crippen molar-refractivity contribution >= 4 is 14.3 Å². The Hall–Kier alpha value is -1.19. The Balaban J connectivity index is 2.59. The van der Waals surface area contributed by atoms with Crippen molar-refractivity contribution in [1.82, 2.24) is 0 Å². The zero-order chi connectivity index (χ0) is 26.7. The molecule has 0 amide bonds. The van der Waals surface area contributed by atoms with Gasteiger partial charge in [-0.05, 0) is 36.5 Å². The van der Waals surface area contributed by atoms with Gasteiger partial charge in [0, 0.05) is 42.9 Å². The molecule has 0 radical (unpaired) electrons. The van der Waals surface area contributed by atoms with Crippen LogP contribution in [0.2, 0.25) is 18.1 Å². The second-order valence-corrected chi connectivity index (χ2v) is 16.4. The summed E-state index contributed by atoms with van der Waals surface area (Å²) in [6, 6.07) is 0. The smallest absolute Gasteiger partial charge is 0.333 e. The Morgan fingerprint density at radius 1 is 1.23 bits per heavy atom. The summed E-state index contributed by atoms with van der Waals surface area (Å²) in [5.41, 5.74) is -0.339. The standard InChI is InChI=1S/C27H48O7Si/c1-11-22(30-7)23-19(2)12-13-27(32-14-15-33-27)18-26(23,29)16-21(24(28)31-8)20(3)17-34-35(9,10)25(4,5)6/h16,19-20,29H,11-15,17-18H2,1-10H3/b21-16-,23-22-/t19-,20?,26+/m1/s1. The van der Waals surface area contributed by atoms with Gasteiger partial charge in [-0.1, -0.05) is 41.5 Å². The number of methoxy groups -OCH3 is 2. The van der Waals surface area contributed by atoms with E-state index in [1.165, 1.54) is 7.11 Å². The predicted molar refractivity (Wildman–Crippen MR) is 139 cm³/mol. The summed E-state index contributed by atoms with van der Waals surface area (Å²) in [7, 11) is 0.965. The second-order valence-electron chi connectivity index (χ2n) is 11.6. The maximum absolute atomic E-state index is 13.0. The van der Waals surface area contributed by atoms with E-state index >= 15 is 0 Å². The maximum atomic E-state index is 13.0. The summed E-state index contributed by atoms with van der Waals surface area (Å²) in [6.45, 7) is 18.3. The lowest BCUT2D eigenvalue weighted by Crippen LogP contribution is -2.43. The topological polar surface area (TPSA) is 83.5 Å². The van der Waals surface area contributed by atoms with Crippen LogP contribution < -0.4 is 0 Å². The van der Waals surface area contributed by atoms with Gasteiger partial charge >= 0.3 is 5.97 Å². The van der Waals surface area contributed by atoms with Gasteiger partial charge in [0.25, 0.3) is 0 Å². The minimum absolute atomic E-state index is 0.0102. The molecule has 1 spiro atoms. The van der Waals surface area contributed by atoms with E-state index in [9.17, 15) is 9.90 Å². The normalized spacial score (nSPS) is 28.0. The maximum Gasteiger partial charge on any atom is 0.333 e. The fraction of sp³-hybridized carbons (Fsp3) is 0.815. The Morgan fingerprint density at radius 2 is 1.83 bits per heavy atom. The van der Waals surface area contributed by atoms with Gasteiger partial charge in [-0.3, -0.25) is 0 Å². The lowest BCUT2D eigenvalue weighted by atomic mass is 9.79. The number of hydrogen-bond acceptors (Lipinski definition) is 7. The first-order chi connectivity index (χ1) is 16.1. The molecule has 2 aliphatic rings. The molecule has 1 aliphatic heterocycles. The zero-order valence-electron chi connectivity index (χ0n) is 23.6. The third-order valence-electron chi connectivity index (χ3n) is 7.98. The van der Waals surface area contributed by atoms with Crippen molar-refractivity contribution in [2.45, 2.75) is 96.7 Å². The van der Waals surface area contributed by atoms with E-state index in [2.05, 4.69) is 40.8 Å². The quantitative estimate of drug-likeness (QED) is 0.203. The largest absolute Gasteiger partial charge is 0.501 e. The van der Waals surface area contributed by atoms with Crippen LogP contribution in [0.3, 0.4) is 0 Å². The first-order valence-corrected chi connectivity index (χ1v) is 15.8. The van der Waals surface area contributed by atoms with Crippen LogP contribution in [-0.2, 0) is 28.2 Å². The highest BCUT2D eigenvalue weighted by Gasteiger charge is 2.51. The summed E-state index contributed by atoms with van der Waals surface area (Å²) in [6.07, 6.45) is 3.90. The fourth-order valence-electron chi connectivity index (χ4n) is 4.85. The third-order valence-corrected chi connectivity index (χ3v) is 12.5. The predicted octanol–water partition coefficient (Wildman–Crippen LogP) is 5.35. The molecule has 1 aliphatic carbocycles. The van der Waals surface area contributed by atoms with Crippen molar-refractivity contribution in [3.05, 3.63) is 23.0 Å². The molecule has 2 rings (SSSR count). The summed E-state index contributed by atoms with van der Waals surface area (Å²) in [4.78, 5) is 13.0. The van der Waals surface area contributed by atoms with Gasteiger partial charge in [0.05, 0.1) is 33.2 Å². The molecule has 0 aromatic rings.